The molecule has 6 heteroatoms. The lowest BCUT2D eigenvalue weighted by atomic mass is 10.1. The van der Waals surface area contributed by atoms with Crippen LogP contribution in [0.1, 0.15) is 53.4 Å². The van der Waals surface area contributed by atoms with Crippen molar-refractivity contribution in [3.63, 3.8) is 0 Å². The number of aliphatic hydroxyl groups is 2. The van der Waals surface area contributed by atoms with Crippen LogP contribution < -0.4 is 0 Å². The fraction of sp³-hybridized carbons (Fsp3) is 0.857. The van der Waals surface area contributed by atoms with Crippen LogP contribution >= 0.6 is 0 Å². The SMILES string of the molecule is CCC(C)CC(=O)O.CCC(C)CC(=O)O.OCCO. The van der Waals surface area contributed by atoms with Crippen LogP contribution in [-0.2, 0) is 9.59 Å². The van der Waals surface area contributed by atoms with Gasteiger partial charge >= 0.3 is 11.9 Å². The molecule has 20 heavy (non-hydrogen) atoms. The number of carboxylic acid groups (broad SMARTS) is 2. The maximum Gasteiger partial charge on any atom is 0.303 e. The zero-order chi connectivity index (χ0) is 16.6. The van der Waals surface area contributed by atoms with Crippen LogP contribution in [0.2, 0.25) is 0 Å². The molecule has 0 radical (unpaired) electrons. The lowest BCUT2D eigenvalue weighted by Gasteiger charge is -2.00. The molecule has 0 aromatic heterocycles. The van der Waals surface area contributed by atoms with Crippen LogP contribution in [0.3, 0.4) is 0 Å². The molecule has 0 fully saturated rings. The summed E-state index contributed by atoms with van der Waals surface area (Å²) in [6.07, 6.45) is 2.51. The van der Waals surface area contributed by atoms with E-state index in [9.17, 15) is 9.59 Å². The first kappa shape index (κ1) is 23.9. The Hall–Kier alpha value is -1.14. The number of hydrogen-bond acceptors (Lipinski definition) is 4. The van der Waals surface area contributed by atoms with E-state index in [1.165, 1.54) is 0 Å². The maximum atomic E-state index is 9.97. The summed E-state index contributed by atoms with van der Waals surface area (Å²) < 4.78 is 0. The molecule has 0 heterocycles. The van der Waals surface area contributed by atoms with E-state index in [4.69, 9.17) is 20.4 Å². The van der Waals surface area contributed by atoms with Gasteiger partial charge in [-0.15, -0.1) is 0 Å². The highest BCUT2D eigenvalue weighted by Crippen LogP contribution is 2.05. The highest BCUT2D eigenvalue weighted by atomic mass is 16.4. The molecule has 0 aromatic carbocycles. The number of aliphatic hydroxyl groups excluding tert-OH is 2. The van der Waals surface area contributed by atoms with E-state index in [0.29, 0.717) is 24.7 Å². The first-order valence-corrected chi connectivity index (χ1v) is 6.90. The molecule has 2 unspecified atom stereocenters. The van der Waals surface area contributed by atoms with Gasteiger partial charge in [0.15, 0.2) is 0 Å². The molecule has 6 nitrogen and oxygen atoms in total. The second-order valence-corrected chi connectivity index (χ2v) is 4.67. The summed E-state index contributed by atoms with van der Waals surface area (Å²) in [4.78, 5) is 19.9. The normalized spacial score (nSPS) is 12.1. The third-order valence-corrected chi connectivity index (χ3v) is 2.54. The van der Waals surface area contributed by atoms with E-state index in [-0.39, 0.29) is 13.2 Å². The van der Waals surface area contributed by atoms with Crippen LogP contribution in [0, 0.1) is 11.8 Å². The quantitative estimate of drug-likeness (QED) is 0.570. The van der Waals surface area contributed by atoms with E-state index >= 15 is 0 Å². The third-order valence-electron chi connectivity index (χ3n) is 2.54. The number of hydrogen-bond donors (Lipinski definition) is 4. The van der Waals surface area contributed by atoms with E-state index in [1.54, 1.807) is 0 Å². The van der Waals surface area contributed by atoms with Crippen molar-refractivity contribution >= 4 is 11.9 Å². The summed E-state index contributed by atoms with van der Waals surface area (Å²) in [5.41, 5.74) is 0. The number of rotatable bonds is 7. The molecular weight excluding hydrogens is 264 g/mol. The number of aliphatic carboxylic acids is 2. The van der Waals surface area contributed by atoms with Crippen molar-refractivity contribution < 1.29 is 30.0 Å². The smallest absolute Gasteiger partial charge is 0.303 e. The third kappa shape index (κ3) is 30.2. The summed E-state index contributed by atoms with van der Waals surface area (Å²) in [6, 6.07) is 0. The Bertz CT molecular complexity index is 206. The average Bonchev–Trinajstić information content (AvgIpc) is 2.38. The monoisotopic (exact) mass is 294 g/mol. The van der Waals surface area contributed by atoms with Crippen molar-refractivity contribution in [1.82, 2.24) is 0 Å². The molecule has 0 aromatic rings. The van der Waals surface area contributed by atoms with Crippen LogP contribution in [0.4, 0.5) is 0 Å². The summed E-state index contributed by atoms with van der Waals surface area (Å²) in [5, 5.41) is 31.7. The molecule has 122 valence electrons. The summed E-state index contributed by atoms with van der Waals surface area (Å²) in [5.74, 6) is -0.737. The zero-order valence-corrected chi connectivity index (χ0v) is 13.0. The van der Waals surface area contributed by atoms with Gasteiger partial charge in [0.1, 0.15) is 0 Å². The second-order valence-electron chi connectivity index (χ2n) is 4.67. The molecular formula is C14H30O6. The van der Waals surface area contributed by atoms with Crippen molar-refractivity contribution in [3.8, 4) is 0 Å². The minimum atomic E-state index is -0.695. The molecule has 0 bridgehead atoms. The predicted molar refractivity (Wildman–Crippen MR) is 77.6 cm³/mol. The molecule has 2 atom stereocenters. The van der Waals surface area contributed by atoms with E-state index in [1.807, 2.05) is 27.7 Å². The first-order chi connectivity index (χ1) is 9.24. The predicted octanol–water partition coefficient (Wildman–Crippen LogP) is 1.99. The summed E-state index contributed by atoms with van der Waals surface area (Å²) >= 11 is 0. The molecule has 0 aliphatic carbocycles. The molecule has 0 aliphatic heterocycles. The topological polar surface area (TPSA) is 115 Å². The summed E-state index contributed by atoms with van der Waals surface area (Å²) in [6.45, 7) is 7.61. The molecule has 0 saturated carbocycles. The van der Waals surface area contributed by atoms with Crippen LogP contribution in [0.5, 0.6) is 0 Å². The highest BCUT2D eigenvalue weighted by molar-refractivity contribution is 5.67. The fourth-order valence-corrected chi connectivity index (χ4v) is 0.885. The Morgan fingerprint density at radius 3 is 1.10 bits per heavy atom. The van der Waals surface area contributed by atoms with Crippen molar-refractivity contribution in [1.29, 1.82) is 0 Å². The second kappa shape index (κ2) is 17.9. The van der Waals surface area contributed by atoms with E-state index in [0.717, 1.165) is 12.8 Å². The largest absolute Gasteiger partial charge is 0.481 e. The van der Waals surface area contributed by atoms with Gasteiger partial charge in [-0.25, -0.2) is 0 Å². The average molecular weight is 294 g/mol. The summed E-state index contributed by atoms with van der Waals surface area (Å²) in [7, 11) is 0. The van der Waals surface area contributed by atoms with E-state index in [2.05, 4.69) is 0 Å². The van der Waals surface area contributed by atoms with Crippen LogP contribution in [0.15, 0.2) is 0 Å². The first-order valence-electron chi connectivity index (χ1n) is 6.90. The maximum absolute atomic E-state index is 9.97. The minimum Gasteiger partial charge on any atom is -0.481 e. The molecule has 0 rings (SSSR count). The van der Waals surface area contributed by atoms with Crippen molar-refractivity contribution in [2.75, 3.05) is 13.2 Å². The molecule has 0 aliphatic rings. The van der Waals surface area contributed by atoms with Gasteiger partial charge in [-0.2, -0.15) is 0 Å². The highest BCUT2D eigenvalue weighted by Gasteiger charge is 2.03. The van der Waals surface area contributed by atoms with Gasteiger partial charge in [0.25, 0.3) is 0 Å². The molecule has 4 N–H and O–H groups in total. The number of carboxylic acids is 2. The van der Waals surface area contributed by atoms with Gasteiger partial charge in [-0.05, 0) is 11.8 Å². The Kier molecular flexibility index (Phi) is 21.4. The van der Waals surface area contributed by atoms with Gasteiger partial charge in [0, 0.05) is 12.8 Å². The fourth-order valence-electron chi connectivity index (χ4n) is 0.885. The standard InChI is InChI=1S/2C6H12O2.C2H6O2/c2*1-3-5(2)4-6(7)8;3-1-2-4/h2*5H,3-4H2,1-2H3,(H,7,8);3-4H,1-2H2. The van der Waals surface area contributed by atoms with Crippen molar-refractivity contribution in [2.45, 2.75) is 53.4 Å². The lowest BCUT2D eigenvalue weighted by molar-refractivity contribution is -0.139. The van der Waals surface area contributed by atoms with Gasteiger partial charge in [0.05, 0.1) is 13.2 Å². The lowest BCUT2D eigenvalue weighted by Crippen LogP contribution is -2.02. The Labute approximate surface area is 121 Å². The zero-order valence-electron chi connectivity index (χ0n) is 13.0. The van der Waals surface area contributed by atoms with Crippen LogP contribution in [0.25, 0.3) is 0 Å². The molecule has 0 spiro atoms. The van der Waals surface area contributed by atoms with Crippen molar-refractivity contribution in [3.05, 3.63) is 0 Å². The Morgan fingerprint density at radius 2 is 1.05 bits per heavy atom. The van der Waals surface area contributed by atoms with E-state index < -0.39 is 11.9 Å². The van der Waals surface area contributed by atoms with Crippen molar-refractivity contribution in [2.24, 2.45) is 11.8 Å². The van der Waals surface area contributed by atoms with Gasteiger partial charge in [-0.3, -0.25) is 9.59 Å². The van der Waals surface area contributed by atoms with Gasteiger partial charge in [0.2, 0.25) is 0 Å². The van der Waals surface area contributed by atoms with Gasteiger partial charge in [-0.1, -0.05) is 40.5 Å². The molecule has 0 saturated heterocycles. The Balaban J connectivity index is -0.000000230. The minimum absolute atomic E-state index is 0.125. The van der Waals surface area contributed by atoms with Gasteiger partial charge < -0.3 is 20.4 Å². The Morgan fingerprint density at radius 1 is 0.800 bits per heavy atom. The van der Waals surface area contributed by atoms with Crippen LogP contribution in [-0.4, -0.2) is 45.6 Å². The number of carbonyl (C=O) groups is 2. The molecule has 0 amide bonds.